The first-order valence-corrected chi connectivity index (χ1v) is 8.11. The van der Waals surface area contributed by atoms with Crippen molar-refractivity contribution in [3.8, 4) is 0 Å². The zero-order chi connectivity index (χ0) is 15.3. The van der Waals surface area contributed by atoms with Gasteiger partial charge in [0.2, 0.25) is 10.0 Å². The molecule has 0 fully saturated rings. The minimum atomic E-state index is -3.58. The van der Waals surface area contributed by atoms with E-state index < -0.39 is 10.0 Å². The third kappa shape index (κ3) is 4.02. The van der Waals surface area contributed by atoms with E-state index >= 15 is 0 Å². The van der Waals surface area contributed by atoms with Crippen molar-refractivity contribution in [3.05, 3.63) is 29.3 Å². The smallest absolute Gasteiger partial charge is 0.241 e. The average Bonchev–Trinajstić information content (AvgIpc) is 2.38. The van der Waals surface area contributed by atoms with Crippen molar-refractivity contribution in [1.82, 2.24) is 4.72 Å². The molecule has 20 heavy (non-hydrogen) atoms. The predicted octanol–water partition coefficient (Wildman–Crippen LogP) is 1.40. The highest BCUT2D eigenvalue weighted by atomic mass is 32.2. The Morgan fingerprint density at radius 1 is 1.35 bits per heavy atom. The highest BCUT2D eigenvalue weighted by Crippen LogP contribution is 2.19. The second-order valence-corrected chi connectivity index (χ2v) is 6.85. The zero-order valence-corrected chi connectivity index (χ0v) is 13.3. The van der Waals surface area contributed by atoms with E-state index in [9.17, 15) is 8.42 Å². The van der Waals surface area contributed by atoms with Gasteiger partial charge in [-0.25, -0.2) is 13.1 Å². The van der Waals surface area contributed by atoms with Gasteiger partial charge < -0.3 is 10.5 Å². The second kappa shape index (κ2) is 7.17. The maximum absolute atomic E-state index is 12.5. The first-order chi connectivity index (χ1) is 9.33. The van der Waals surface area contributed by atoms with Crippen molar-refractivity contribution in [2.75, 3.05) is 13.7 Å². The van der Waals surface area contributed by atoms with Crippen molar-refractivity contribution in [2.24, 2.45) is 11.7 Å². The summed E-state index contributed by atoms with van der Waals surface area (Å²) in [6.45, 7) is 6.34. The van der Waals surface area contributed by atoms with E-state index in [-0.39, 0.29) is 16.9 Å². The summed E-state index contributed by atoms with van der Waals surface area (Å²) in [6.07, 6.45) is 0. The molecule has 0 saturated carbocycles. The van der Waals surface area contributed by atoms with Crippen LogP contribution >= 0.6 is 0 Å². The number of sulfonamides is 1. The standard InChI is InChI=1S/C14H24N2O3S/c1-10(2)13(9-19-4)16-20(17,18)14-7-5-6-12(8-15)11(14)3/h5-7,10,13,16H,8-9,15H2,1-4H3. The third-order valence-electron chi connectivity index (χ3n) is 3.36. The van der Waals surface area contributed by atoms with E-state index in [1.54, 1.807) is 26.2 Å². The number of rotatable bonds is 7. The number of benzene rings is 1. The summed E-state index contributed by atoms with van der Waals surface area (Å²) in [5.74, 6) is 0.141. The van der Waals surface area contributed by atoms with Crippen LogP contribution in [-0.4, -0.2) is 28.2 Å². The van der Waals surface area contributed by atoms with Gasteiger partial charge >= 0.3 is 0 Å². The van der Waals surface area contributed by atoms with Crippen LogP contribution in [0.25, 0.3) is 0 Å². The Kier molecular flexibility index (Phi) is 6.13. The summed E-state index contributed by atoms with van der Waals surface area (Å²) in [7, 11) is -2.02. The van der Waals surface area contributed by atoms with Crippen molar-refractivity contribution in [3.63, 3.8) is 0 Å². The van der Waals surface area contributed by atoms with Crippen LogP contribution in [0.15, 0.2) is 23.1 Å². The average molecular weight is 300 g/mol. The highest BCUT2D eigenvalue weighted by molar-refractivity contribution is 7.89. The molecular weight excluding hydrogens is 276 g/mol. The monoisotopic (exact) mass is 300 g/mol. The van der Waals surface area contributed by atoms with Gasteiger partial charge in [0.1, 0.15) is 0 Å². The molecule has 0 aromatic heterocycles. The number of hydrogen-bond acceptors (Lipinski definition) is 4. The quantitative estimate of drug-likeness (QED) is 0.797. The van der Waals surface area contributed by atoms with Gasteiger partial charge in [-0.3, -0.25) is 0 Å². The summed E-state index contributed by atoms with van der Waals surface area (Å²) in [4.78, 5) is 0.280. The lowest BCUT2D eigenvalue weighted by atomic mass is 10.1. The molecule has 0 heterocycles. The van der Waals surface area contributed by atoms with E-state index in [1.807, 2.05) is 19.9 Å². The fraction of sp³-hybridized carbons (Fsp3) is 0.571. The van der Waals surface area contributed by atoms with Crippen LogP contribution in [0.2, 0.25) is 0 Å². The van der Waals surface area contributed by atoms with Gasteiger partial charge in [0.15, 0.2) is 0 Å². The molecule has 0 saturated heterocycles. The Hall–Kier alpha value is -0.950. The molecular formula is C14H24N2O3S. The summed E-state index contributed by atoms with van der Waals surface area (Å²) >= 11 is 0. The van der Waals surface area contributed by atoms with Crippen molar-refractivity contribution in [1.29, 1.82) is 0 Å². The fourth-order valence-corrected chi connectivity index (χ4v) is 3.63. The molecule has 3 N–H and O–H groups in total. The lowest BCUT2D eigenvalue weighted by Crippen LogP contribution is -2.41. The number of nitrogens with two attached hydrogens (primary N) is 1. The lowest BCUT2D eigenvalue weighted by Gasteiger charge is -2.22. The molecule has 0 aliphatic carbocycles. The second-order valence-electron chi connectivity index (χ2n) is 5.17. The van der Waals surface area contributed by atoms with E-state index in [4.69, 9.17) is 10.5 Å². The van der Waals surface area contributed by atoms with Gasteiger partial charge in [-0.2, -0.15) is 0 Å². The van der Waals surface area contributed by atoms with Crippen molar-refractivity contribution < 1.29 is 13.2 Å². The molecule has 1 aromatic rings. The van der Waals surface area contributed by atoms with Crippen LogP contribution < -0.4 is 10.5 Å². The Morgan fingerprint density at radius 2 is 2.00 bits per heavy atom. The van der Waals surface area contributed by atoms with Crippen LogP contribution in [-0.2, 0) is 21.3 Å². The fourth-order valence-electron chi connectivity index (χ4n) is 1.98. The zero-order valence-electron chi connectivity index (χ0n) is 12.5. The van der Waals surface area contributed by atoms with Crippen molar-refractivity contribution in [2.45, 2.75) is 38.3 Å². The van der Waals surface area contributed by atoms with Crippen LogP contribution in [0, 0.1) is 12.8 Å². The Labute approximate surface area is 121 Å². The van der Waals surface area contributed by atoms with E-state index in [2.05, 4.69) is 4.72 Å². The maximum Gasteiger partial charge on any atom is 0.241 e. The van der Waals surface area contributed by atoms with Gasteiger partial charge in [0.05, 0.1) is 11.5 Å². The Morgan fingerprint density at radius 3 is 2.50 bits per heavy atom. The molecule has 5 nitrogen and oxygen atoms in total. The SMILES string of the molecule is COCC(NS(=O)(=O)c1cccc(CN)c1C)C(C)C. The molecule has 1 atom stereocenters. The molecule has 0 radical (unpaired) electrons. The largest absolute Gasteiger partial charge is 0.383 e. The number of methoxy groups -OCH3 is 1. The summed E-state index contributed by atoms with van der Waals surface area (Å²) in [5.41, 5.74) is 7.16. The number of nitrogens with one attached hydrogen (secondary N) is 1. The number of ether oxygens (including phenoxy) is 1. The highest BCUT2D eigenvalue weighted by Gasteiger charge is 2.24. The van der Waals surface area contributed by atoms with Gasteiger partial charge in [-0.05, 0) is 30.0 Å². The molecule has 0 amide bonds. The molecule has 114 valence electrons. The first-order valence-electron chi connectivity index (χ1n) is 6.63. The summed E-state index contributed by atoms with van der Waals surface area (Å²) < 4.78 is 32.8. The minimum absolute atomic E-state index is 0.141. The molecule has 0 spiro atoms. The summed E-state index contributed by atoms with van der Waals surface area (Å²) in [6, 6.07) is 4.89. The summed E-state index contributed by atoms with van der Waals surface area (Å²) in [5, 5.41) is 0. The molecule has 0 aliphatic rings. The Bertz CT molecular complexity index is 541. The van der Waals surface area contributed by atoms with Crippen molar-refractivity contribution >= 4 is 10.0 Å². The lowest BCUT2D eigenvalue weighted by molar-refractivity contribution is 0.157. The van der Waals surface area contributed by atoms with Crippen LogP contribution in [0.3, 0.4) is 0 Å². The number of hydrogen-bond donors (Lipinski definition) is 2. The normalized spacial score (nSPS) is 13.7. The molecule has 0 bridgehead atoms. The van der Waals surface area contributed by atoms with Gasteiger partial charge in [0.25, 0.3) is 0 Å². The minimum Gasteiger partial charge on any atom is -0.383 e. The van der Waals surface area contributed by atoms with E-state index in [0.29, 0.717) is 18.7 Å². The third-order valence-corrected chi connectivity index (χ3v) is 5.00. The van der Waals surface area contributed by atoms with Gasteiger partial charge in [-0.1, -0.05) is 26.0 Å². The van der Waals surface area contributed by atoms with Crippen LogP contribution in [0.5, 0.6) is 0 Å². The topological polar surface area (TPSA) is 81.4 Å². The molecule has 1 unspecified atom stereocenters. The van der Waals surface area contributed by atoms with Crippen LogP contribution in [0.4, 0.5) is 0 Å². The van der Waals surface area contributed by atoms with Gasteiger partial charge in [0, 0.05) is 19.7 Å². The van der Waals surface area contributed by atoms with E-state index in [0.717, 1.165) is 5.56 Å². The molecule has 1 rings (SSSR count). The van der Waals surface area contributed by atoms with E-state index in [1.165, 1.54) is 0 Å². The predicted molar refractivity (Wildman–Crippen MR) is 79.9 cm³/mol. The van der Waals surface area contributed by atoms with Gasteiger partial charge in [-0.15, -0.1) is 0 Å². The molecule has 1 aromatic carbocycles. The maximum atomic E-state index is 12.5. The first kappa shape index (κ1) is 17.1. The molecule has 0 aliphatic heterocycles. The molecule has 6 heteroatoms. The Balaban J connectivity index is 3.10. The van der Waals surface area contributed by atoms with Crippen LogP contribution in [0.1, 0.15) is 25.0 Å².